The van der Waals surface area contributed by atoms with Crippen LogP contribution in [0.5, 0.6) is 0 Å². The van der Waals surface area contributed by atoms with Gasteiger partial charge in [0.15, 0.2) is 0 Å². The molecule has 1 aromatic carbocycles. The monoisotopic (exact) mass is 275 g/mol. The summed E-state index contributed by atoms with van der Waals surface area (Å²) < 4.78 is 24.6. The maximum absolute atomic E-state index is 12.3. The number of carboxylic acid groups (broad SMARTS) is 1. The number of rotatable bonds is 5. The Hall–Kier alpha value is -1.62. The second-order valence-corrected chi connectivity index (χ2v) is 4.08. The zero-order valence-corrected chi connectivity index (χ0v) is 10.4. The van der Waals surface area contributed by atoms with E-state index in [2.05, 4.69) is 0 Å². The number of nitrogens with zero attached hydrogens (tertiary/aromatic N) is 1. The van der Waals surface area contributed by atoms with Crippen LogP contribution in [0.2, 0.25) is 5.02 Å². The van der Waals surface area contributed by atoms with Crippen LogP contribution in [-0.4, -0.2) is 31.1 Å². The Kier molecular flexibility index (Phi) is 5.09. The summed E-state index contributed by atoms with van der Waals surface area (Å²) in [7, 11) is 1.51. The molecule has 0 aliphatic heterocycles. The zero-order valence-electron chi connectivity index (χ0n) is 9.61. The highest BCUT2D eigenvalue weighted by atomic mass is 35.5. The van der Waals surface area contributed by atoms with Gasteiger partial charge < -0.3 is 10.0 Å². The minimum Gasteiger partial charge on any atom is -0.478 e. The smallest absolute Gasteiger partial charge is 0.328 e. The molecule has 0 saturated heterocycles. The number of carboxylic acids is 1. The fourth-order valence-electron chi connectivity index (χ4n) is 1.47. The molecular weight excluding hydrogens is 264 g/mol. The molecule has 0 fully saturated rings. The van der Waals surface area contributed by atoms with Crippen molar-refractivity contribution in [2.24, 2.45) is 0 Å². The van der Waals surface area contributed by atoms with Crippen molar-refractivity contribution in [3.63, 3.8) is 0 Å². The van der Waals surface area contributed by atoms with Crippen LogP contribution in [0.4, 0.5) is 14.5 Å². The number of carbonyl (C=O) groups is 1. The summed E-state index contributed by atoms with van der Waals surface area (Å²) in [6, 6.07) is 4.67. The summed E-state index contributed by atoms with van der Waals surface area (Å²) in [6.07, 6.45) is -0.210. The van der Waals surface area contributed by atoms with Gasteiger partial charge in [0.05, 0.1) is 6.54 Å². The number of halogens is 3. The van der Waals surface area contributed by atoms with E-state index in [1.165, 1.54) is 24.1 Å². The van der Waals surface area contributed by atoms with Gasteiger partial charge in [-0.2, -0.15) is 0 Å². The Labute approximate surface area is 108 Å². The average Bonchev–Trinajstić information content (AvgIpc) is 2.25. The Morgan fingerprint density at radius 2 is 2.22 bits per heavy atom. The molecule has 0 aromatic heterocycles. The molecule has 1 rings (SSSR count). The number of hydrogen-bond acceptors (Lipinski definition) is 2. The van der Waals surface area contributed by atoms with Crippen LogP contribution in [0.3, 0.4) is 0 Å². The molecule has 0 bridgehead atoms. The Morgan fingerprint density at radius 3 is 2.78 bits per heavy atom. The van der Waals surface area contributed by atoms with Crippen molar-refractivity contribution >= 4 is 29.3 Å². The summed E-state index contributed by atoms with van der Waals surface area (Å²) in [6.45, 7) is -0.435. The normalized spacial score (nSPS) is 11.2. The molecule has 0 heterocycles. The number of benzene rings is 1. The van der Waals surface area contributed by atoms with E-state index in [1.54, 1.807) is 12.1 Å². The molecule has 3 nitrogen and oxygen atoms in total. The van der Waals surface area contributed by atoms with Crippen LogP contribution in [0.25, 0.3) is 6.08 Å². The third kappa shape index (κ3) is 4.33. The number of hydrogen-bond donors (Lipinski definition) is 1. The number of alkyl halides is 2. The summed E-state index contributed by atoms with van der Waals surface area (Å²) in [5.41, 5.74) is 0.977. The van der Waals surface area contributed by atoms with E-state index in [-0.39, 0.29) is 0 Å². The van der Waals surface area contributed by atoms with E-state index in [1.807, 2.05) is 0 Å². The molecular formula is C12H12ClF2NO2. The second-order valence-electron chi connectivity index (χ2n) is 3.65. The van der Waals surface area contributed by atoms with E-state index >= 15 is 0 Å². The first-order chi connectivity index (χ1) is 8.40. The first kappa shape index (κ1) is 14.4. The van der Waals surface area contributed by atoms with Gasteiger partial charge in [-0.15, -0.1) is 0 Å². The molecule has 0 aliphatic rings. The van der Waals surface area contributed by atoms with Gasteiger partial charge in [0, 0.05) is 23.8 Å². The minimum atomic E-state index is -2.47. The lowest BCUT2D eigenvalue weighted by atomic mass is 10.1. The van der Waals surface area contributed by atoms with Crippen LogP contribution < -0.4 is 4.90 Å². The van der Waals surface area contributed by atoms with E-state index in [0.717, 1.165) is 6.08 Å². The molecule has 0 unspecified atom stereocenters. The fourth-order valence-corrected chi connectivity index (χ4v) is 1.65. The summed E-state index contributed by atoms with van der Waals surface area (Å²) >= 11 is 5.79. The van der Waals surface area contributed by atoms with Crippen LogP contribution in [0, 0.1) is 0 Å². The second kappa shape index (κ2) is 6.35. The van der Waals surface area contributed by atoms with Crippen molar-refractivity contribution in [1.82, 2.24) is 0 Å². The number of anilines is 1. The molecule has 1 N–H and O–H groups in total. The van der Waals surface area contributed by atoms with E-state index in [4.69, 9.17) is 16.7 Å². The van der Waals surface area contributed by atoms with Crippen molar-refractivity contribution in [2.75, 3.05) is 18.5 Å². The first-order valence-electron chi connectivity index (χ1n) is 5.10. The fraction of sp³-hybridized carbons (Fsp3) is 0.250. The summed E-state index contributed by atoms with van der Waals surface area (Å²) in [4.78, 5) is 11.8. The average molecular weight is 276 g/mol. The molecule has 0 radical (unpaired) electrons. The van der Waals surface area contributed by atoms with Gasteiger partial charge in [-0.25, -0.2) is 13.6 Å². The highest BCUT2D eigenvalue weighted by Gasteiger charge is 2.11. The molecule has 0 aliphatic carbocycles. The maximum atomic E-state index is 12.3. The third-order valence-corrected chi connectivity index (χ3v) is 2.45. The largest absolute Gasteiger partial charge is 0.478 e. The van der Waals surface area contributed by atoms with E-state index in [9.17, 15) is 13.6 Å². The summed E-state index contributed by atoms with van der Waals surface area (Å²) in [5, 5.41) is 8.98. The van der Waals surface area contributed by atoms with Gasteiger partial charge in [-0.1, -0.05) is 11.6 Å². The van der Waals surface area contributed by atoms with Crippen LogP contribution in [0.1, 0.15) is 5.56 Å². The molecule has 1 aromatic rings. The van der Waals surface area contributed by atoms with Gasteiger partial charge >= 0.3 is 5.97 Å². The van der Waals surface area contributed by atoms with E-state index < -0.39 is 18.9 Å². The van der Waals surface area contributed by atoms with Gasteiger partial charge in [0.25, 0.3) is 6.43 Å². The molecule has 18 heavy (non-hydrogen) atoms. The van der Waals surface area contributed by atoms with Crippen molar-refractivity contribution < 1.29 is 18.7 Å². The molecule has 0 saturated carbocycles. The Morgan fingerprint density at radius 1 is 1.56 bits per heavy atom. The van der Waals surface area contributed by atoms with Gasteiger partial charge in [0.1, 0.15) is 0 Å². The quantitative estimate of drug-likeness (QED) is 0.839. The maximum Gasteiger partial charge on any atom is 0.328 e. The van der Waals surface area contributed by atoms with Crippen molar-refractivity contribution in [1.29, 1.82) is 0 Å². The zero-order chi connectivity index (χ0) is 13.7. The van der Waals surface area contributed by atoms with Crippen molar-refractivity contribution in [2.45, 2.75) is 6.43 Å². The third-order valence-electron chi connectivity index (χ3n) is 2.22. The van der Waals surface area contributed by atoms with Crippen LogP contribution in [0.15, 0.2) is 24.3 Å². The predicted octanol–water partition coefficient (Wildman–Crippen LogP) is 3.14. The predicted molar refractivity (Wildman–Crippen MR) is 67.4 cm³/mol. The lowest BCUT2D eigenvalue weighted by Crippen LogP contribution is -2.24. The van der Waals surface area contributed by atoms with Crippen molar-refractivity contribution in [3.05, 3.63) is 34.9 Å². The lowest BCUT2D eigenvalue weighted by molar-refractivity contribution is -0.131. The van der Waals surface area contributed by atoms with Gasteiger partial charge in [-0.3, -0.25) is 0 Å². The molecule has 98 valence electrons. The van der Waals surface area contributed by atoms with E-state index in [0.29, 0.717) is 16.3 Å². The molecule has 0 atom stereocenters. The topological polar surface area (TPSA) is 40.5 Å². The standard InChI is InChI=1S/C12H12ClF2NO2/c1-16(7-11(14)15)10-4-3-9(13)6-8(10)2-5-12(17)18/h2-6,11H,7H2,1H3,(H,17,18)/b5-2+. The molecule has 0 amide bonds. The molecule has 0 spiro atoms. The Bertz CT molecular complexity index is 463. The lowest BCUT2D eigenvalue weighted by Gasteiger charge is -2.21. The van der Waals surface area contributed by atoms with Crippen LogP contribution >= 0.6 is 11.6 Å². The van der Waals surface area contributed by atoms with Gasteiger partial charge in [0.2, 0.25) is 0 Å². The SMILES string of the molecule is CN(CC(F)F)c1ccc(Cl)cc1/C=C/C(=O)O. The Balaban J connectivity index is 3.06. The minimum absolute atomic E-state index is 0.411. The number of aliphatic carboxylic acids is 1. The van der Waals surface area contributed by atoms with Gasteiger partial charge in [-0.05, 0) is 29.8 Å². The summed E-state index contributed by atoms with van der Waals surface area (Å²) in [5.74, 6) is -1.11. The first-order valence-corrected chi connectivity index (χ1v) is 5.48. The van der Waals surface area contributed by atoms with Crippen LogP contribution in [-0.2, 0) is 4.79 Å². The highest BCUT2D eigenvalue weighted by Crippen LogP contribution is 2.25. The van der Waals surface area contributed by atoms with Crippen molar-refractivity contribution in [3.8, 4) is 0 Å². The molecule has 6 heteroatoms. The highest BCUT2D eigenvalue weighted by molar-refractivity contribution is 6.30.